The fourth-order valence-electron chi connectivity index (χ4n) is 0.872. The molecule has 0 bridgehead atoms. The third-order valence-corrected chi connectivity index (χ3v) is 3.56. The first-order valence-corrected chi connectivity index (χ1v) is 8.19. The molecule has 20 heavy (non-hydrogen) atoms. The zero-order chi connectivity index (χ0) is 15.1. The van der Waals surface area contributed by atoms with Crippen molar-refractivity contribution in [1.29, 1.82) is 0 Å². The van der Waals surface area contributed by atoms with Gasteiger partial charge in [0.25, 0.3) is 0 Å². The van der Waals surface area contributed by atoms with E-state index in [1.165, 1.54) is 6.92 Å². The van der Waals surface area contributed by atoms with Gasteiger partial charge in [-0.1, -0.05) is 0 Å². The summed E-state index contributed by atoms with van der Waals surface area (Å²) in [6.45, 7) is 3.23. The van der Waals surface area contributed by atoms with Gasteiger partial charge in [0.05, 0.1) is 25.9 Å². The molecule has 0 aliphatic rings. The molecule has 0 aromatic heterocycles. The van der Waals surface area contributed by atoms with E-state index in [0.29, 0.717) is 0 Å². The van der Waals surface area contributed by atoms with Crippen LogP contribution < -0.4 is 51.4 Å². The Balaban J connectivity index is 0. The van der Waals surface area contributed by atoms with Crippen LogP contribution in [0.1, 0.15) is 20.8 Å². The Morgan fingerprint density at radius 1 is 1.25 bits per heavy atom. The molecule has 0 amide bonds. The molecule has 0 radical (unpaired) electrons. The van der Waals surface area contributed by atoms with Crippen molar-refractivity contribution in [3.63, 3.8) is 0 Å². The molecule has 0 rings (SSSR count). The Morgan fingerprint density at radius 3 is 2.20 bits per heavy atom. The smallest absolute Gasteiger partial charge is 0.726 e. The van der Waals surface area contributed by atoms with E-state index in [4.69, 9.17) is 9.26 Å². The van der Waals surface area contributed by atoms with Gasteiger partial charge in [0.2, 0.25) is 10.4 Å². The monoisotopic (exact) mass is 358 g/mol. The quantitative estimate of drug-likeness (QED) is 0.155. The summed E-state index contributed by atoms with van der Waals surface area (Å²) < 4.78 is 60.3. The normalized spacial score (nSPS) is 14.4. The number of carbonyl (C=O) groups excluding carboxylic acids is 1. The third-order valence-electron chi connectivity index (χ3n) is 1.43. The second-order valence-corrected chi connectivity index (χ2v) is 6.34. The molecular weight excluding hydrogens is 342 g/mol. The molecule has 0 saturated carbocycles. The maximum Gasteiger partial charge on any atom is 1.00 e. The van der Waals surface area contributed by atoms with Crippen LogP contribution in [0.15, 0.2) is 0 Å². The molecule has 114 valence electrons. The van der Waals surface area contributed by atoms with Gasteiger partial charge in [0, 0.05) is 0 Å². The van der Waals surface area contributed by atoms with Crippen LogP contribution in [0.5, 0.6) is 0 Å². The van der Waals surface area contributed by atoms with Gasteiger partial charge >= 0.3 is 64.7 Å². The first kappa shape index (κ1) is 23.4. The third kappa shape index (κ3) is 10.8. The molecule has 0 aliphatic carbocycles. The molecule has 0 aliphatic heterocycles. The maximum absolute atomic E-state index is 12.0. The van der Waals surface area contributed by atoms with Crippen molar-refractivity contribution >= 4 is 23.7 Å². The zero-order valence-corrected chi connectivity index (χ0v) is 16.6. The van der Waals surface area contributed by atoms with Gasteiger partial charge in [-0.05, 0) is 20.8 Å². The van der Waals surface area contributed by atoms with Crippen molar-refractivity contribution in [3.05, 3.63) is 0 Å². The van der Waals surface area contributed by atoms with Crippen molar-refractivity contribution in [2.45, 2.75) is 26.9 Å². The molecule has 0 fully saturated rings. The Labute approximate surface area is 160 Å². The predicted molar refractivity (Wildman–Crippen MR) is 62.5 cm³/mol. The average molecular weight is 358 g/mol. The second-order valence-electron chi connectivity index (χ2n) is 3.41. The molecule has 9 nitrogen and oxygen atoms in total. The van der Waals surface area contributed by atoms with Crippen LogP contribution in [0.3, 0.4) is 0 Å². The molecule has 1 atom stereocenters. The van der Waals surface area contributed by atoms with Crippen molar-refractivity contribution in [3.8, 4) is 0 Å². The van der Waals surface area contributed by atoms with Crippen LogP contribution >= 0.6 is 7.60 Å². The number of rotatable bonds is 9. The Kier molecular flexibility index (Phi) is 12.6. The first-order valence-electron chi connectivity index (χ1n) is 5.31. The van der Waals surface area contributed by atoms with Crippen LogP contribution in [0.2, 0.25) is 0 Å². The maximum atomic E-state index is 12.0. The molecular formula is C8H16KO9PS. The van der Waals surface area contributed by atoms with E-state index in [0.717, 1.165) is 0 Å². The Hall–Kier alpha value is 1.13. The van der Waals surface area contributed by atoms with E-state index >= 15 is 0 Å². The zero-order valence-electron chi connectivity index (χ0n) is 11.7. The fourth-order valence-corrected chi connectivity index (χ4v) is 2.42. The van der Waals surface area contributed by atoms with Gasteiger partial charge in [0.15, 0.2) is 0 Å². The van der Waals surface area contributed by atoms with Gasteiger partial charge in [-0.2, -0.15) is 0 Å². The minimum atomic E-state index is -4.87. The van der Waals surface area contributed by atoms with E-state index in [9.17, 15) is 22.3 Å². The van der Waals surface area contributed by atoms with Gasteiger partial charge < -0.3 is 13.8 Å². The summed E-state index contributed by atoms with van der Waals surface area (Å²) in [4.78, 5) is 11.5. The van der Waals surface area contributed by atoms with Gasteiger partial charge in [-0.25, -0.2) is 17.8 Å². The molecule has 1 unspecified atom stereocenters. The number of carbonyl (C=O) groups is 1. The topological polar surface area (TPSA) is 128 Å². The molecule has 12 heteroatoms. The number of ether oxygens (including phenoxy) is 1. The van der Waals surface area contributed by atoms with Crippen molar-refractivity contribution < 1.29 is 91.7 Å². The van der Waals surface area contributed by atoms with Crippen LogP contribution in [0, 0.1) is 0 Å². The summed E-state index contributed by atoms with van der Waals surface area (Å²) in [5.74, 6) is 0. The van der Waals surface area contributed by atoms with Gasteiger partial charge in [-0.15, -0.1) is 0 Å². The largest absolute Gasteiger partial charge is 1.00 e. The average Bonchev–Trinajstić information content (AvgIpc) is 2.22. The molecule has 0 heterocycles. The van der Waals surface area contributed by atoms with E-state index in [-0.39, 0.29) is 58.0 Å². The van der Waals surface area contributed by atoms with E-state index < -0.39 is 43.0 Å². The molecule has 0 aromatic carbocycles. The second kappa shape index (κ2) is 10.8. The summed E-state index contributed by atoms with van der Waals surface area (Å²) >= 11 is 0. The fraction of sp³-hybridized carbons (Fsp3) is 0.875. The van der Waals surface area contributed by atoms with Crippen LogP contribution in [-0.2, 0) is 32.9 Å². The minimum absolute atomic E-state index is 0. The van der Waals surface area contributed by atoms with Gasteiger partial charge in [-0.3, -0.25) is 8.71 Å². The Morgan fingerprint density at radius 2 is 1.80 bits per heavy atom. The van der Waals surface area contributed by atoms with Crippen LogP contribution in [-0.4, -0.2) is 44.6 Å². The predicted octanol–water partition coefficient (Wildman–Crippen LogP) is -1.74. The summed E-state index contributed by atoms with van der Waals surface area (Å²) in [5.41, 5.74) is -1.19. The summed E-state index contributed by atoms with van der Waals surface area (Å²) in [7, 11) is -9.05. The number of hydrogen-bond acceptors (Lipinski definition) is 9. The molecule has 0 aromatic rings. The standard InChI is InChI=1S/C8H17O9PS.K/c1-4-14-18(10,8(9)17-7(2)3)15-5-6-16-19(11,12)13;/h7H,4-6H2,1-3H3,(H,11,12,13);/q;+1/p-1. The number of hydrogen-bond donors (Lipinski definition) is 0. The van der Waals surface area contributed by atoms with E-state index in [1.54, 1.807) is 13.8 Å². The van der Waals surface area contributed by atoms with Crippen molar-refractivity contribution in [2.24, 2.45) is 0 Å². The molecule has 0 N–H and O–H groups in total. The summed E-state index contributed by atoms with van der Waals surface area (Å²) in [6, 6.07) is 0. The van der Waals surface area contributed by atoms with E-state index in [2.05, 4.69) is 8.71 Å². The van der Waals surface area contributed by atoms with Crippen LogP contribution in [0.4, 0.5) is 4.79 Å². The van der Waals surface area contributed by atoms with Crippen molar-refractivity contribution in [1.82, 2.24) is 0 Å². The first-order chi connectivity index (χ1) is 8.60. The van der Waals surface area contributed by atoms with E-state index in [1.807, 2.05) is 0 Å². The minimum Gasteiger partial charge on any atom is -0.726 e. The molecule has 0 saturated heterocycles. The van der Waals surface area contributed by atoms with Crippen LogP contribution in [0.25, 0.3) is 0 Å². The summed E-state index contributed by atoms with van der Waals surface area (Å²) in [5, 5.41) is 0. The Bertz CT molecular complexity index is 435. The SMILES string of the molecule is CCOP(=O)(OCCOS(=O)(=O)[O-])C(=O)OC(C)C.[K+]. The van der Waals surface area contributed by atoms with Gasteiger partial charge in [0.1, 0.15) is 0 Å². The molecule has 0 spiro atoms. The van der Waals surface area contributed by atoms with Crippen molar-refractivity contribution in [2.75, 3.05) is 19.8 Å². The summed E-state index contributed by atoms with van der Waals surface area (Å²) in [6.07, 6.45) is -0.525.